The molecule has 112 valence electrons. The van der Waals surface area contributed by atoms with Crippen LogP contribution in [0.5, 0.6) is 0 Å². The van der Waals surface area contributed by atoms with Crippen molar-refractivity contribution in [3.63, 3.8) is 0 Å². The maximum atomic E-state index is 11.9. The number of hydrogen-bond acceptors (Lipinski definition) is 2. The molecular weight excluding hydrogens is 266 g/mol. The van der Waals surface area contributed by atoms with Crippen molar-refractivity contribution in [2.45, 2.75) is 32.7 Å². The lowest BCUT2D eigenvalue weighted by atomic mass is 10.1. The number of aromatic nitrogens is 1. The molecule has 0 bridgehead atoms. The second kappa shape index (κ2) is 6.92. The van der Waals surface area contributed by atoms with Crippen molar-refractivity contribution in [1.29, 1.82) is 0 Å². The molecule has 0 fully saturated rings. The van der Waals surface area contributed by atoms with Crippen LogP contribution in [0.3, 0.4) is 0 Å². The van der Waals surface area contributed by atoms with E-state index in [1.54, 1.807) is 0 Å². The van der Waals surface area contributed by atoms with Crippen LogP contribution in [0, 0.1) is 0 Å². The molecule has 2 amide bonds. The summed E-state index contributed by atoms with van der Waals surface area (Å²) in [4.78, 5) is 26.5. The molecule has 1 aromatic carbocycles. The molecule has 2 rings (SSSR count). The highest BCUT2D eigenvalue weighted by molar-refractivity contribution is 5.89. The zero-order valence-electron chi connectivity index (χ0n) is 12.4. The Kier molecular flexibility index (Phi) is 4.98. The van der Waals surface area contributed by atoms with Crippen molar-refractivity contribution < 1.29 is 9.59 Å². The van der Waals surface area contributed by atoms with Crippen molar-refractivity contribution >= 4 is 22.7 Å². The number of carbonyl (C=O) groups excluding carboxylic acids is 2. The fourth-order valence-corrected chi connectivity index (χ4v) is 2.22. The molecular formula is C16H21N3O2. The number of para-hydroxylation sites is 1. The normalized spacial score (nSPS) is 10.8. The number of benzene rings is 1. The van der Waals surface area contributed by atoms with Gasteiger partial charge in [-0.1, -0.05) is 18.2 Å². The summed E-state index contributed by atoms with van der Waals surface area (Å²) in [7, 11) is 0. The van der Waals surface area contributed by atoms with Gasteiger partial charge in [-0.25, -0.2) is 0 Å². The van der Waals surface area contributed by atoms with Crippen LogP contribution in [0.1, 0.15) is 25.8 Å². The third kappa shape index (κ3) is 4.34. The number of fused-ring (bicyclic) bond motifs is 1. The van der Waals surface area contributed by atoms with Gasteiger partial charge in [-0.3, -0.25) is 9.59 Å². The smallest absolute Gasteiger partial charge is 0.224 e. The van der Waals surface area contributed by atoms with E-state index in [4.69, 9.17) is 0 Å². The molecule has 2 aromatic rings. The minimum atomic E-state index is -0.0721. The fourth-order valence-electron chi connectivity index (χ4n) is 2.22. The van der Waals surface area contributed by atoms with Crippen molar-refractivity contribution in [2.75, 3.05) is 6.54 Å². The summed E-state index contributed by atoms with van der Waals surface area (Å²) in [6.07, 6.45) is 2.48. The first-order chi connectivity index (χ1) is 10.1. The third-order valence-electron chi connectivity index (χ3n) is 3.15. The maximum absolute atomic E-state index is 11.9. The number of rotatable bonds is 6. The van der Waals surface area contributed by atoms with E-state index in [0.717, 1.165) is 16.5 Å². The first-order valence-electron chi connectivity index (χ1n) is 7.17. The predicted octanol–water partition coefficient (Wildman–Crippen LogP) is 1.74. The Hall–Kier alpha value is -2.30. The number of hydrogen-bond donors (Lipinski definition) is 3. The van der Waals surface area contributed by atoms with Crippen LogP contribution in [-0.4, -0.2) is 29.4 Å². The van der Waals surface area contributed by atoms with Gasteiger partial charge in [-0.2, -0.15) is 0 Å². The molecule has 0 atom stereocenters. The molecule has 5 nitrogen and oxygen atoms in total. The minimum absolute atomic E-state index is 0.0441. The molecule has 0 saturated heterocycles. The maximum Gasteiger partial charge on any atom is 0.224 e. The highest BCUT2D eigenvalue weighted by atomic mass is 16.2. The van der Waals surface area contributed by atoms with Crippen LogP contribution >= 0.6 is 0 Å². The van der Waals surface area contributed by atoms with E-state index < -0.39 is 0 Å². The van der Waals surface area contributed by atoms with Crippen molar-refractivity contribution in [3.05, 3.63) is 36.0 Å². The van der Waals surface area contributed by atoms with E-state index in [0.29, 0.717) is 19.4 Å². The highest BCUT2D eigenvalue weighted by Crippen LogP contribution is 2.17. The topological polar surface area (TPSA) is 74.0 Å². The van der Waals surface area contributed by atoms with E-state index in [-0.39, 0.29) is 17.9 Å². The number of carbonyl (C=O) groups is 2. The minimum Gasteiger partial charge on any atom is -0.361 e. The van der Waals surface area contributed by atoms with Crippen molar-refractivity contribution in [1.82, 2.24) is 15.6 Å². The van der Waals surface area contributed by atoms with Crippen LogP contribution < -0.4 is 10.6 Å². The standard InChI is InChI=1S/C16H21N3O2/c1-11(2)19-15(20)7-8-17-16(21)9-12-10-18-14-6-4-3-5-13(12)14/h3-6,10-11,18H,7-9H2,1-2H3,(H,17,21)(H,19,20). The van der Waals surface area contributed by atoms with E-state index in [2.05, 4.69) is 15.6 Å². The molecule has 0 aliphatic rings. The molecule has 1 heterocycles. The van der Waals surface area contributed by atoms with E-state index in [1.807, 2.05) is 44.3 Å². The molecule has 0 aliphatic carbocycles. The quantitative estimate of drug-likeness (QED) is 0.757. The Morgan fingerprint density at radius 3 is 2.71 bits per heavy atom. The summed E-state index contributed by atoms with van der Waals surface area (Å²) in [5.41, 5.74) is 1.99. The van der Waals surface area contributed by atoms with Gasteiger partial charge >= 0.3 is 0 Å². The molecule has 3 N–H and O–H groups in total. The van der Waals surface area contributed by atoms with Crippen LogP contribution in [0.4, 0.5) is 0 Å². The van der Waals surface area contributed by atoms with Crippen LogP contribution in [0.25, 0.3) is 10.9 Å². The summed E-state index contributed by atoms with van der Waals surface area (Å²) >= 11 is 0. The van der Waals surface area contributed by atoms with E-state index in [9.17, 15) is 9.59 Å². The number of H-pyrrole nitrogens is 1. The van der Waals surface area contributed by atoms with E-state index in [1.165, 1.54) is 0 Å². The van der Waals surface area contributed by atoms with Crippen molar-refractivity contribution in [3.8, 4) is 0 Å². The van der Waals surface area contributed by atoms with Gasteiger partial charge in [-0.05, 0) is 25.5 Å². The SMILES string of the molecule is CC(C)NC(=O)CCNC(=O)Cc1c[nH]c2ccccc12. The second-order valence-electron chi connectivity index (χ2n) is 5.36. The first kappa shape index (κ1) is 15.1. The van der Waals surface area contributed by atoms with Gasteiger partial charge in [0.05, 0.1) is 6.42 Å². The fraction of sp³-hybridized carbons (Fsp3) is 0.375. The van der Waals surface area contributed by atoms with Gasteiger partial charge in [0, 0.05) is 36.1 Å². The first-order valence-corrected chi connectivity index (χ1v) is 7.17. The molecule has 1 aromatic heterocycles. The monoisotopic (exact) mass is 287 g/mol. The summed E-state index contributed by atoms with van der Waals surface area (Å²) < 4.78 is 0. The summed E-state index contributed by atoms with van der Waals surface area (Å²) in [5.74, 6) is -0.116. The molecule has 5 heteroatoms. The lowest BCUT2D eigenvalue weighted by Gasteiger charge is -2.08. The van der Waals surface area contributed by atoms with Crippen LogP contribution in [0.15, 0.2) is 30.5 Å². The average molecular weight is 287 g/mol. The van der Waals surface area contributed by atoms with Gasteiger partial charge in [0.1, 0.15) is 0 Å². The molecule has 0 aliphatic heterocycles. The summed E-state index contributed by atoms with van der Waals surface area (Å²) in [6.45, 7) is 4.18. The summed E-state index contributed by atoms with van der Waals surface area (Å²) in [6, 6.07) is 8.00. The lowest BCUT2D eigenvalue weighted by Crippen LogP contribution is -2.34. The molecule has 0 radical (unpaired) electrons. The largest absolute Gasteiger partial charge is 0.361 e. The zero-order chi connectivity index (χ0) is 15.2. The molecule has 0 saturated carbocycles. The lowest BCUT2D eigenvalue weighted by molar-refractivity contribution is -0.122. The number of nitrogens with one attached hydrogen (secondary N) is 3. The van der Waals surface area contributed by atoms with Gasteiger partial charge in [-0.15, -0.1) is 0 Å². The Morgan fingerprint density at radius 1 is 1.19 bits per heavy atom. The predicted molar refractivity (Wildman–Crippen MR) is 82.9 cm³/mol. The molecule has 21 heavy (non-hydrogen) atoms. The van der Waals surface area contributed by atoms with Gasteiger partial charge < -0.3 is 15.6 Å². The highest BCUT2D eigenvalue weighted by Gasteiger charge is 2.09. The number of amides is 2. The molecule has 0 unspecified atom stereocenters. The Balaban J connectivity index is 1.81. The average Bonchev–Trinajstić information content (AvgIpc) is 2.81. The molecule has 0 spiro atoms. The zero-order valence-corrected chi connectivity index (χ0v) is 12.4. The van der Waals surface area contributed by atoms with Crippen molar-refractivity contribution in [2.24, 2.45) is 0 Å². The Morgan fingerprint density at radius 2 is 1.95 bits per heavy atom. The van der Waals surface area contributed by atoms with Gasteiger partial charge in [0.15, 0.2) is 0 Å². The van der Waals surface area contributed by atoms with Crippen LogP contribution in [-0.2, 0) is 16.0 Å². The Bertz CT molecular complexity index is 631. The van der Waals surface area contributed by atoms with Crippen LogP contribution in [0.2, 0.25) is 0 Å². The second-order valence-corrected chi connectivity index (χ2v) is 5.36. The van der Waals surface area contributed by atoms with E-state index >= 15 is 0 Å². The summed E-state index contributed by atoms with van der Waals surface area (Å²) in [5, 5.41) is 6.63. The van der Waals surface area contributed by atoms with Gasteiger partial charge in [0.2, 0.25) is 11.8 Å². The Labute approximate surface area is 124 Å². The third-order valence-corrected chi connectivity index (χ3v) is 3.15. The number of aromatic amines is 1. The van der Waals surface area contributed by atoms with Gasteiger partial charge in [0.25, 0.3) is 0 Å².